The summed E-state index contributed by atoms with van der Waals surface area (Å²) in [6, 6.07) is 1.83. The summed E-state index contributed by atoms with van der Waals surface area (Å²) in [6.45, 7) is 0. The largest absolute Gasteiger partial charge is 0.574 e. The molecular weight excluding hydrogens is 381 g/mol. The molecule has 18 heavy (non-hydrogen) atoms. The van der Waals surface area contributed by atoms with Gasteiger partial charge in [-0.05, 0) is 22.6 Å². The monoisotopic (exact) mass is 382 g/mol. The molecule has 0 saturated heterocycles. The maximum atomic E-state index is 12.5. The van der Waals surface area contributed by atoms with Gasteiger partial charge < -0.3 is 4.74 Å². The number of nitrogens with zero attached hydrogens (tertiary/aromatic N) is 2. The van der Waals surface area contributed by atoms with Crippen molar-refractivity contribution in [2.75, 3.05) is 0 Å². The molecule has 0 atom stereocenters. The molecule has 3 nitrogen and oxygen atoms in total. The number of halogens is 7. The van der Waals surface area contributed by atoms with Crippen LogP contribution in [0.3, 0.4) is 0 Å². The number of ether oxygens (including phenoxy) is 1. The van der Waals surface area contributed by atoms with Crippen LogP contribution >= 0.6 is 22.6 Å². The minimum Gasteiger partial charge on any atom is -0.388 e. The van der Waals surface area contributed by atoms with Gasteiger partial charge in [-0.25, -0.2) is 4.98 Å². The first kappa shape index (κ1) is 14.8. The molecule has 1 aromatic heterocycles. The van der Waals surface area contributed by atoms with Crippen molar-refractivity contribution in [1.29, 1.82) is 5.26 Å². The molecule has 1 rings (SSSR count). The van der Waals surface area contributed by atoms with Gasteiger partial charge >= 0.3 is 12.5 Å². The molecule has 0 fully saturated rings. The van der Waals surface area contributed by atoms with Crippen LogP contribution in [0.4, 0.5) is 26.3 Å². The van der Waals surface area contributed by atoms with Crippen LogP contribution < -0.4 is 4.74 Å². The lowest BCUT2D eigenvalue weighted by Crippen LogP contribution is -2.20. The molecule has 0 unspecified atom stereocenters. The lowest BCUT2D eigenvalue weighted by molar-refractivity contribution is -0.276. The van der Waals surface area contributed by atoms with E-state index in [0.29, 0.717) is 6.07 Å². The van der Waals surface area contributed by atoms with Crippen LogP contribution in [0.5, 0.6) is 5.88 Å². The minimum atomic E-state index is -5.16. The third kappa shape index (κ3) is 3.62. The van der Waals surface area contributed by atoms with E-state index in [0.717, 1.165) is 0 Å². The Kier molecular flexibility index (Phi) is 3.94. The Labute approximate surface area is 110 Å². The fourth-order valence-electron chi connectivity index (χ4n) is 0.974. The maximum absolute atomic E-state index is 12.5. The van der Waals surface area contributed by atoms with Crippen molar-refractivity contribution >= 4 is 22.6 Å². The van der Waals surface area contributed by atoms with E-state index in [9.17, 15) is 26.3 Å². The van der Waals surface area contributed by atoms with Crippen molar-refractivity contribution in [3.63, 3.8) is 0 Å². The van der Waals surface area contributed by atoms with Gasteiger partial charge in [0.25, 0.3) is 0 Å². The van der Waals surface area contributed by atoms with E-state index in [1.54, 1.807) is 0 Å². The summed E-state index contributed by atoms with van der Waals surface area (Å²) in [5, 5.41) is 8.53. The Morgan fingerprint density at radius 1 is 1.22 bits per heavy atom. The van der Waals surface area contributed by atoms with Crippen LogP contribution in [0.15, 0.2) is 6.07 Å². The first-order chi connectivity index (χ1) is 8.04. The molecule has 0 saturated carbocycles. The predicted octanol–water partition coefficient (Wildman–Crippen LogP) is 3.48. The van der Waals surface area contributed by atoms with E-state index in [1.807, 2.05) is 0 Å². The van der Waals surface area contributed by atoms with Gasteiger partial charge in [-0.2, -0.15) is 18.4 Å². The van der Waals surface area contributed by atoms with Gasteiger partial charge in [0.15, 0.2) is 5.69 Å². The lowest BCUT2D eigenvalue weighted by atomic mass is 10.2. The smallest absolute Gasteiger partial charge is 0.388 e. The van der Waals surface area contributed by atoms with Gasteiger partial charge in [0.2, 0.25) is 5.88 Å². The van der Waals surface area contributed by atoms with Crippen LogP contribution in [0.25, 0.3) is 0 Å². The van der Waals surface area contributed by atoms with E-state index in [4.69, 9.17) is 5.26 Å². The molecule has 1 heterocycles. The van der Waals surface area contributed by atoms with Gasteiger partial charge in [-0.3, -0.25) is 0 Å². The van der Waals surface area contributed by atoms with Crippen LogP contribution in [0.2, 0.25) is 0 Å². The zero-order chi connectivity index (χ0) is 14.1. The number of hydrogen-bond donors (Lipinski definition) is 0. The highest BCUT2D eigenvalue weighted by Crippen LogP contribution is 2.34. The number of nitriles is 1. The molecular formula is C8HF6IN2O. The normalized spacial score (nSPS) is 12.1. The summed E-state index contributed by atoms with van der Waals surface area (Å²) in [4.78, 5) is 2.67. The Morgan fingerprint density at radius 3 is 2.17 bits per heavy atom. The zero-order valence-electron chi connectivity index (χ0n) is 8.03. The highest BCUT2D eigenvalue weighted by molar-refractivity contribution is 14.1. The molecule has 0 radical (unpaired) electrons. The number of aromatic nitrogens is 1. The number of pyridine rings is 1. The summed E-state index contributed by atoms with van der Waals surface area (Å²) in [5.74, 6) is -1.27. The molecule has 0 amide bonds. The Bertz CT molecular complexity index is 504. The average molecular weight is 382 g/mol. The Morgan fingerprint density at radius 2 is 1.78 bits per heavy atom. The molecule has 0 spiro atoms. The van der Waals surface area contributed by atoms with Crippen molar-refractivity contribution in [3.8, 4) is 11.9 Å². The van der Waals surface area contributed by atoms with Crippen LogP contribution in [-0.2, 0) is 6.18 Å². The maximum Gasteiger partial charge on any atom is 0.574 e. The predicted molar refractivity (Wildman–Crippen MR) is 53.4 cm³/mol. The second-order valence-corrected chi connectivity index (χ2v) is 3.99. The number of hydrogen-bond acceptors (Lipinski definition) is 3. The van der Waals surface area contributed by atoms with Gasteiger partial charge in [-0.1, -0.05) is 0 Å². The van der Waals surface area contributed by atoms with Gasteiger partial charge in [0.1, 0.15) is 6.07 Å². The molecule has 10 heteroatoms. The summed E-state index contributed by atoms with van der Waals surface area (Å²) in [7, 11) is 0. The van der Waals surface area contributed by atoms with Crippen molar-refractivity contribution in [1.82, 2.24) is 4.98 Å². The highest BCUT2D eigenvalue weighted by atomic mass is 127. The summed E-state index contributed by atoms with van der Waals surface area (Å²) < 4.78 is 76.0. The van der Waals surface area contributed by atoms with Crippen LogP contribution in [-0.4, -0.2) is 11.3 Å². The third-order valence-electron chi connectivity index (χ3n) is 1.55. The summed E-state index contributed by atoms with van der Waals surface area (Å²) in [5.41, 5.74) is -2.56. The van der Waals surface area contributed by atoms with E-state index >= 15 is 0 Å². The van der Waals surface area contributed by atoms with Gasteiger partial charge in [0, 0.05) is 9.64 Å². The van der Waals surface area contributed by atoms with E-state index in [2.05, 4.69) is 9.72 Å². The van der Waals surface area contributed by atoms with Crippen molar-refractivity contribution in [2.24, 2.45) is 0 Å². The van der Waals surface area contributed by atoms with Crippen molar-refractivity contribution in [2.45, 2.75) is 12.5 Å². The molecule has 0 bridgehead atoms. The molecule has 0 aliphatic rings. The topological polar surface area (TPSA) is 45.9 Å². The lowest BCUT2D eigenvalue weighted by Gasteiger charge is -2.13. The molecule has 0 N–H and O–H groups in total. The first-order valence-corrected chi connectivity index (χ1v) is 5.06. The van der Waals surface area contributed by atoms with Crippen molar-refractivity contribution in [3.05, 3.63) is 20.9 Å². The summed E-state index contributed by atoms with van der Waals surface area (Å²) >= 11 is 1.29. The second kappa shape index (κ2) is 4.79. The number of rotatable bonds is 1. The molecule has 0 aliphatic heterocycles. The van der Waals surface area contributed by atoms with Gasteiger partial charge in [-0.15, -0.1) is 13.2 Å². The number of alkyl halides is 6. The van der Waals surface area contributed by atoms with Crippen LogP contribution in [0.1, 0.15) is 11.3 Å². The second-order valence-electron chi connectivity index (χ2n) is 2.82. The fraction of sp³-hybridized carbons (Fsp3) is 0.250. The van der Waals surface area contributed by atoms with E-state index in [-0.39, 0.29) is 3.57 Å². The van der Waals surface area contributed by atoms with Crippen molar-refractivity contribution < 1.29 is 31.1 Å². The molecule has 1 aromatic rings. The highest BCUT2D eigenvalue weighted by Gasteiger charge is 2.39. The fourth-order valence-corrected chi connectivity index (χ4v) is 1.62. The third-order valence-corrected chi connectivity index (χ3v) is 2.40. The quantitative estimate of drug-likeness (QED) is 0.552. The zero-order valence-corrected chi connectivity index (χ0v) is 10.2. The summed E-state index contributed by atoms with van der Waals surface area (Å²) in [6.07, 6.45) is -10.2. The van der Waals surface area contributed by atoms with E-state index < -0.39 is 29.7 Å². The minimum absolute atomic E-state index is 0.336. The standard InChI is InChI=1S/C8HF6IN2O/c9-7(10,11)6-3(2-16)4(15)1-5(17-6)18-8(12,13)14/h1H. The molecule has 0 aliphatic carbocycles. The molecule has 0 aromatic carbocycles. The van der Waals surface area contributed by atoms with Gasteiger partial charge in [0.05, 0.1) is 5.56 Å². The Balaban J connectivity index is 3.37. The SMILES string of the molecule is N#Cc1c(I)cc(OC(F)(F)F)nc1C(F)(F)F. The van der Waals surface area contributed by atoms with Crippen LogP contribution in [0, 0.1) is 14.9 Å². The average Bonchev–Trinajstić information content (AvgIpc) is 2.12. The first-order valence-electron chi connectivity index (χ1n) is 3.98. The van der Waals surface area contributed by atoms with E-state index in [1.165, 1.54) is 28.7 Å². The Hall–Kier alpha value is -1.25. The molecule has 98 valence electrons.